The SMILES string of the molecule is COc1ccc(C(O)CN2CCCC2Cn2cccn2)cc1. The number of aliphatic hydroxyl groups is 1. The summed E-state index contributed by atoms with van der Waals surface area (Å²) in [5.74, 6) is 0.814. The van der Waals surface area contributed by atoms with Crippen LogP contribution in [0.1, 0.15) is 24.5 Å². The largest absolute Gasteiger partial charge is 0.497 e. The molecule has 0 aliphatic carbocycles. The average molecular weight is 301 g/mol. The molecule has 1 saturated heterocycles. The molecule has 0 saturated carbocycles. The minimum atomic E-state index is -0.468. The van der Waals surface area contributed by atoms with Gasteiger partial charge in [-0.1, -0.05) is 12.1 Å². The first-order chi connectivity index (χ1) is 10.8. The van der Waals surface area contributed by atoms with Crippen LogP contribution in [0.25, 0.3) is 0 Å². The Hall–Kier alpha value is -1.85. The smallest absolute Gasteiger partial charge is 0.118 e. The molecule has 0 radical (unpaired) electrons. The number of β-amino-alcohol motifs (C(OH)–C–C–N with tert-alkyl or cyclic N) is 1. The molecule has 1 aromatic carbocycles. The maximum atomic E-state index is 10.5. The molecule has 22 heavy (non-hydrogen) atoms. The van der Waals surface area contributed by atoms with E-state index in [2.05, 4.69) is 10.00 Å². The summed E-state index contributed by atoms with van der Waals surface area (Å²) in [7, 11) is 1.65. The van der Waals surface area contributed by atoms with E-state index in [1.807, 2.05) is 47.4 Å². The molecule has 2 heterocycles. The van der Waals surface area contributed by atoms with E-state index in [1.165, 1.54) is 6.42 Å². The van der Waals surface area contributed by atoms with Gasteiger partial charge in [-0.25, -0.2) is 0 Å². The van der Waals surface area contributed by atoms with Crippen molar-refractivity contribution in [3.8, 4) is 5.75 Å². The van der Waals surface area contributed by atoms with Crippen molar-refractivity contribution in [2.45, 2.75) is 31.5 Å². The standard InChI is InChI=1S/C17H23N3O2/c1-22-16-7-5-14(6-8-16)17(21)13-19-10-2-4-15(19)12-20-11-3-9-18-20/h3,5-9,11,15,17,21H,2,4,10,12-13H2,1H3. The van der Waals surface area contributed by atoms with Crippen molar-refractivity contribution in [1.29, 1.82) is 0 Å². The second kappa shape index (κ2) is 6.94. The lowest BCUT2D eigenvalue weighted by molar-refractivity contribution is 0.100. The van der Waals surface area contributed by atoms with Crippen molar-refractivity contribution in [3.63, 3.8) is 0 Å². The van der Waals surface area contributed by atoms with E-state index < -0.39 is 6.10 Å². The zero-order valence-corrected chi connectivity index (χ0v) is 12.9. The van der Waals surface area contributed by atoms with Gasteiger partial charge in [-0.2, -0.15) is 5.10 Å². The molecule has 0 spiro atoms. The van der Waals surface area contributed by atoms with Gasteiger partial charge in [0.2, 0.25) is 0 Å². The van der Waals surface area contributed by atoms with Crippen LogP contribution >= 0.6 is 0 Å². The Labute approximate surface area is 131 Å². The maximum absolute atomic E-state index is 10.5. The minimum Gasteiger partial charge on any atom is -0.497 e. The Kier molecular flexibility index (Phi) is 4.75. The van der Waals surface area contributed by atoms with Gasteiger partial charge in [0, 0.05) is 25.0 Å². The van der Waals surface area contributed by atoms with E-state index in [1.54, 1.807) is 7.11 Å². The summed E-state index contributed by atoms with van der Waals surface area (Å²) in [6.45, 7) is 2.60. The van der Waals surface area contributed by atoms with Crippen LogP contribution in [0.5, 0.6) is 5.75 Å². The van der Waals surface area contributed by atoms with E-state index in [9.17, 15) is 5.11 Å². The molecule has 1 aromatic heterocycles. The van der Waals surface area contributed by atoms with Gasteiger partial charge in [0.25, 0.3) is 0 Å². The van der Waals surface area contributed by atoms with Crippen LogP contribution < -0.4 is 4.74 Å². The molecule has 1 fully saturated rings. The number of aliphatic hydroxyl groups excluding tert-OH is 1. The summed E-state index contributed by atoms with van der Waals surface area (Å²) < 4.78 is 7.13. The third-order valence-corrected chi connectivity index (χ3v) is 4.36. The molecule has 118 valence electrons. The van der Waals surface area contributed by atoms with Gasteiger partial charge in [0.05, 0.1) is 19.8 Å². The molecule has 3 rings (SSSR count). The lowest BCUT2D eigenvalue weighted by Crippen LogP contribution is -2.36. The molecule has 5 nitrogen and oxygen atoms in total. The Balaban J connectivity index is 1.60. The number of nitrogens with zero attached hydrogens (tertiary/aromatic N) is 3. The predicted molar refractivity (Wildman–Crippen MR) is 84.8 cm³/mol. The molecule has 5 heteroatoms. The normalized spacial score (nSPS) is 20.2. The second-order valence-electron chi connectivity index (χ2n) is 5.81. The lowest BCUT2D eigenvalue weighted by atomic mass is 10.1. The monoisotopic (exact) mass is 301 g/mol. The van der Waals surface area contributed by atoms with Crippen molar-refractivity contribution < 1.29 is 9.84 Å². The molecule has 2 aromatic rings. The zero-order valence-electron chi connectivity index (χ0n) is 12.9. The number of rotatable bonds is 6. The summed E-state index contributed by atoms with van der Waals surface area (Å²) in [6.07, 6.45) is 5.68. The Morgan fingerprint density at radius 3 is 2.86 bits per heavy atom. The molecule has 1 aliphatic heterocycles. The van der Waals surface area contributed by atoms with Crippen molar-refractivity contribution in [2.75, 3.05) is 20.2 Å². The predicted octanol–water partition coefficient (Wildman–Crippen LogP) is 2.09. The van der Waals surface area contributed by atoms with E-state index in [0.29, 0.717) is 12.6 Å². The van der Waals surface area contributed by atoms with Crippen LogP contribution in [0.3, 0.4) is 0 Å². The molecular formula is C17H23N3O2. The van der Waals surface area contributed by atoms with E-state index in [0.717, 1.165) is 30.8 Å². The Morgan fingerprint density at radius 2 is 2.18 bits per heavy atom. The third-order valence-electron chi connectivity index (χ3n) is 4.36. The van der Waals surface area contributed by atoms with E-state index >= 15 is 0 Å². The molecule has 1 N–H and O–H groups in total. The number of likely N-dealkylation sites (tertiary alicyclic amines) is 1. The van der Waals surface area contributed by atoms with Crippen LogP contribution in [0.15, 0.2) is 42.7 Å². The summed E-state index contributed by atoms with van der Waals surface area (Å²) in [6, 6.07) is 10.1. The van der Waals surface area contributed by atoms with Gasteiger partial charge in [0.15, 0.2) is 0 Å². The second-order valence-corrected chi connectivity index (χ2v) is 5.81. The first-order valence-electron chi connectivity index (χ1n) is 7.80. The first kappa shape index (κ1) is 15.1. The summed E-state index contributed by atoms with van der Waals surface area (Å²) >= 11 is 0. The minimum absolute atomic E-state index is 0.452. The van der Waals surface area contributed by atoms with Crippen molar-refractivity contribution >= 4 is 0 Å². The molecule has 2 unspecified atom stereocenters. The number of benzene rings is 1. The van der Waals surface area contributed by atoms with Gasteiger partial charge >= 0.3 is 0 Å². The maximum Gasteiger partial charge on any atom is 0.118 e. The molecule has 1 aliphatic rings. The van der Waals surface area contributed by atoms with Crippen LogP contribution in [-0.2, 0) is 6.54 Å². The fraction of sp³-hybridized carbons (Fsp3) is 0.471. The summed E-state index contributed by atoms with van der Waals surface area (Å²) in [4.78, 5) is 2.37. The number of ether oxygens (including phenoxy) is 1. The molecule has 0 amide bonds. The number of hydrogen-bond donors (Lipinski definition) is 1. The van der Waals surface area contributed by atoms with Gasteiger partial charge in [0.1, 0.15) is 5.75 Å². The highest BCUT2D eigenvalue weighted by Gasteiger charge is 2.27. The number of aromatic nitrogens is 2. The van der Waals surface area contributed by atoms with Gasteiger partial charge in [-0.15, -0.1) is 0 Å². The molecule has 2 atom stereocenters. The topological polar surface area (TPSA) is 50.5 Å². The fourth-order valence-corrected chi connectivity index (χ4v) is 3.12. The van der Waals surface area contributed by atoms with Gasteiger partial charge in [-0.05, 0) is 43.1 Å². The molecular weight excluding hydrogens is 278 g/mol. The third kappa shape index (κ3) is 3.48. The zero-order chi connectivity index (χ0) is 15.4. The van der Waals surface area contributed by atoms with Crippen molar-refractivity contribution in [2.24, 2.45) is 0 Å². The number of hydrogen-bond acceptors (Lipinski definition) is 4. The highest BCUT2D eigenvalue weighted by molar-refractivity contribution is 5.28. The van der Waals surface area contributed by atoms with Gasteiger partial charge in [-0.3, -0.25) is 9.58 Å². The Bertz CT molecular complexity index is 568. The average Bonchev–Trinajstić information content (AvgIpc) is 3.20. The highest BCUT2D eigenvalue weighted by atomic mass is 16.5. The first-order valence-corrected chi connectivity index (χ1v) is 7.80. The fourth-order valence-electron chi connectivity index (χ4n) is 3.12. The Morgan fingerprint density at radius 1 is 1.36 bits per heavy atom. The van der Waals surface area contributed by atoms with Crippen molar-refractivity contribution in [1.82, 2.24) is 14.7 Å². The number of methoxy groups -OCH3 is 1. The van der Waals surface area contributed by atoms with Crippen LogP contribution in [0.2, 0.25) is 0 Å². The van der Waals surface area contributed by atoms with Gasteiger partial charge < -0.3 is 9.84 Å². The van der Waals surface area contributed by atoms with Crippen molar-refractivity contribution in [3.05, 3.63) is 48.3 Å². The van der Waals surface area contributed by atoms with E-state index in [4.69, 9.17) is 4.74 Å². The quantitative estimate of drug-likeness (QED) is 0.887. The summed E-state index contributed by atoms with van der Waals surface area (Å²) in [5.41, 5.74) is 0.936. The van der Waals surface area contributed by atoms with E-state index in [-0.39, 0.29) is 0 Å². The molecule has 0 bridgehead atoms. The summed E-state index contributed by atoms with van der Waals surface area (Å²) in [5, 5.41) is 14.8. The van der Waals surface area contributed by atoms with Crippen LogP contribution in [0, 0.1) is 0 Å². The van der Waals surface area contributed by atoms with Crippen LogP contribution in [-0.4, -0.2) is 46.0 Å². The van der Waals surface area contributed by atoms with Crippen LogP contribution in [0.4, 0.5) is 0 Å². The lowest BCUT2D eigenvalue weighted by Gasteiger charge is -2.27. The highest BCUT2D eigenvalue weighted by Crippen LogP contribution is 2.24.